The zero-order valence-electron chi connectivity index (χ0n) is 15.1. The molecule has 0 aliphatic rings. The Labute approximate surface area is 123 Å². The minimum Gasteiger partial charge on any atom is -0.0654 e. The molecule has 0 saturated carbocycles. The molecule has 0 aromatic carbocycles. The maximum atomic E-state index is 2.56. The maximum Gasteiger partial charge on any atom is -0.0295 e. The third kappa shape index (κ3) is 6.82. The van der Waals surface area contributed by atoms with E-state index in [1.165, 1.54) is 38.5 Å². The van der Waals surface area contributed by atoms with E-state index < -0.39 is 0 Å². The van der Waals surface area contributed by atoms with Crippen molar-refractivity contribution >= 4 is 0 Å². The molecule has 19 heavy (non-hydrogen) atoms. The van der Waals surface area contributed by atoms with Gasteiger partial charge in [-0.3, -0.25) is 0 Å². The van der Waals surface area contributed by atoms with Crippen LogP contribution in [0.2, 0.25) is 0 Å². The van der Waals surface area contributed by atoms with Gasteiger partial charge in [0.2, 0.25) is 0 Å². The molecule has 0 fully saturated rings. The van der Waals surface area contributed by atoms with Gasteiger partial charge in [0, 0.05) is 0 Å². The summed E-state index contributed by atoms with van der Waals surface area (Å²) >= 11 is 0. The van der Waals surface area contributed by atoms with Gasteiger partial charge in [0.25, 0.3) is 0 Å². The number of hydrogen-bond acceptors (Lipinski definition) is 0. The molecular formula is C19H40. The molecule has 0 spiro atoms. The highest BCUT2D eigenvalue weighted by molar-refractivity contribution is 4.84. The van der Waals surface area contributed by atoms with Crippen molar-refractivity contribution in [2.24, 2.45) is 29.1 Å². The van der Waals surface area contributed by atoms with Crippen LogP contribution in [0.5, 0.6) is 0 Å². The molecule has 4 unspecified atom stereocenters. The summed E-state index contributed by atoms with van der Waals surface area (Å²) in [6, 6.07) is 0. The quantitative estimate of drug-likeness (QED) is 0.402. The summed E-state index contributed by atoms with van der Waals surface area (Å²) in [7, 11) is 0. The first-order chi connectivity index (χ1) is 8.76. The molecule has 116 valence electrons. The van der Waals surface area contributed by atoms with Crippen LogP contribution >= 0.6 is 0 Å². The Morgan fingerprint density at radius 2 is 1.26 bits per heavy atom. The van der Waals surface area contributed by atoms with Gasteiger partial charge in [0.15, 0.2) is 0 Å². The second kappa shape index (κ2) is 9.03. The fourth-order valence-electron chi connectivity index (χ4n) is 3.88. The van der Waals surface area contributed by atoms with Gasteiger partial charge in [0.1, 0.15) is 0 Å². The van der Waals surface area contributed by atoms with Gasteiger partial charge < -0.3 is 0 Å². The molecule has 0 radical (unpaired) electrons. The van der Waals surface area contributed by atoms with E-state index in [2.05, 4.69) is 55.4 Å². The summed E-state index contributed by atoms with van der Waals surface area (Å²) in [5.41, 5.74) is 0.533. The van der Waals surface area contributed by atoms with Gasteiger partial charge in [-0.05, 0) is 41.9 Å². The van der Waals surface area contributed by atoms with E-state index in [1.54, 1.807) is 0 Å². The predicted molar refractivity (Wildman–Crippen MR) is 89.5 cm³/mol. The predicted octanol–water partition coefficient (Wildman–Crippen LogP) is 6.94. The van der Waals surface area contributed by atoms with Crippen LogP contribution in [-0.2, 0) is 0 Å². The molecule has 0 amide bonds. The van der Waals surface area contributed by atoms with Crippen LogP contribution in [0.15, 0.2) is 0 Å². The second-order valence-corrected chi connectivity index (χ2v) is 7.89. The highest BCUT2D eigenvalue weighted by atomic mass is 14.4. The maximum absolute atomic E-state index is 2.56. The van der Waals surface area contributed by atoms with Crippen LogP contribution in [0, 0.1) is 29.1 Å². The van der Waals surface area contributed by atoms with Gasteiger partial charge in [0.05, 0.1) is 0 Å². The van der Waals surface area contributed by atoms with Gasteiger partial charge in [-0.2, -0.15) is 0 Å². The van der Waals surface area contributed by atoms with Crippen LogP contribution in [0.3, 0.4) is 0 Å². The molecule has 0 heterocycles. The van der Waals surface area contributed by atoms with Gasteiger partial charge in [-0.1, -0.05) is 81.1 Å². The molecule has 0 bridgehead atoms. The molecule has 0 aromatic rings. The zero-order valence-corrected chi connectivity index (χ0v) is 15.1. The summed E-state index contributed by atoms with van der Waals surface area (Å²) < 4.78 is 0. The van der Waals surface area contributed by atoms with Crippen molar-refractivity contribution in [2.75, 3.05) is 0 Å². The van der Waals surface area contributed by atoms with Crippen LogP contribution in [0.25, 0.3) is 0 Å². The monoisotopic (exact) mass is 268 g/mol. The summed E-state index contributed by atoms with van der Waals surface area (Å²) in [4.78, 5) is 0. The minimum absolute atomic E-state index is 0.533. The lowest BCUT2D eigenvalue weighted by atomic mass is 9.65. The summed E-state index contributed by atoms with van der Waals surface area (Å²) in [5, 5.41) is 0. The van der Waals surface area contributed by atoms with Crippen molar-refractivity contribution < 1.29 is 0 Å². The topological polar surface area (TPSA) is 0 Å². The van der Waals surface area contributed by atoms with E-state index >= 15 is 0 Å². The van der Waals surface area contributed by atoms with E-state index in [-0.39, 0.29) is 0 Å². The summed E-state index contributed by atoms with van der Waals surface area (Å²) in [6.07, 6.45) is 8.23. The molecule has 0 rings (SSSR count). The molecule has 0 saturated heterocycles. The molecule has 4 atom stereocenters. The summed E-state index contributed by atoms with van der Waals surface area (Å²) in [6.45, 7) is 19.4. The van der Waals surface area contributed by atoms with Gasteiger partial charge in [-0.15, -0.1) is 0 Å². The van der Waals surface area contributed by atoms with Crippen LogP contribution < -0.4 is 0 Å². The SMILES string of the molecule is CCCC(C)C(C)CC(C)(CC(C)C)C(C)CCC. The average Bonchev–Trinajstić information content (AvgIpc) is 2.28. The van der Waals surface area contributed by atoms with E-state index in [0.29, 0.717) is 5.41 Å². The lowest BCUT2D eigenvalue weighted by Crippen LogP contribution is -2.31. The van der Waals surface area contributed by atoms with Gasteiger partial charge >= 0.3 is 0 Å². The first-order valence-corrected chi connectivity index (χ1v) is 8.76. The molecule has 0 nitrogen and oxygen atoms in total. The fraction of sp³-hybridized carbons (Fsp3) is 1.00. The smallest absolute Gasteiger partial charge is 0.0295 e. The van der Waals surface area contributed by atoms with Crippen molar-refractivity contribution in [3.8, 4) is 0 Å². The normalized spacial score (nSPS) is 20.1. The van der Waals surface area contributed by atoms with Crippen LogP contribution in [0.1, 0.15) is 93.9 Å². The standard InChI is InChI=1S/C19H40/c1-9-11-16(5)17(6)14-19(8,13-15(3)4)18(7)12-10-2/h15-18H,9-14H2,1-8H3. The fourth-order valence-corrected chi connectivity index (χ4v) is 3.88. The largest absolute Gasteiger partial charge is 0.0654 e. The highest BCUT2D eigenvalue weighted by Gasteiger charge is 2.33. The van der Waals surface area contributed by atoms with Crippen LogP contribution in [-0.4, -0.2) is 0 Å². The van der Waals surface area contributed by atoms with Crippen molar-refractivity contribution in [3.05, 3.63) is 0 Å². The van der Waals surface area contributed by atoms with E-state index in [4.69, 9.17) is 0 Å². The zero-order chi connectivity index (χ0) is 15.1. The highest BCUT2D eigenvalue weighted by Crippen LogP contribution is 2.44. The molecule has 0 N–H and O–H groups in total. The lowest BCUT2D eigenvalue weighted by Gasteiger charge is -2.41. The molecule has 0 aromatic heterocycles. The Hall–Kier alpha value is 0. The molecule has 0 aliphatic carbocycles. The third-order valence-corrected chi connectivity index (χ3v) is 5.29. The Kier molecular flexibility index (Phi) is 9.03. The minimum atomic E-state index is 0.533. The second-order valence-electron chi connectivity index (χ2n) is 7.89. The van der Waals surface area contributed by atoms with Crippen molar-refractivity contribution in [2.45, 2.75) is 93.9 Å². The van der Waals surface area contributed by atoms with Gasteiger partial charge in [-0.25, -0.2) is 0 Å². The Bertz CT molecular complexity index is 218. The molecule has 0 aliphatic heterocycles. The average molecular weight is 269 g/mol. The molecular weight excluding hydrogens is 228 g/mol. The van der Waals surface area contributed by atoms with Crippen molar-refractivity contribution in [1.82, 2.24) is 0 Å². The third-order valence-electron chi connectivity index (χ3n) is 5.29. The number of hydrogen-bond donors (Lipinski definition) is 0. The number of rotatable bonds is 10. The van der Waals surface area contributed by atoms with E-state index in [9.17, 15) is 0 Å². The first kappa shape index (κ1) is 19.0. The molecule has 0 heteroatoms. The van der Waals surface area contributed by atoms with Crippen molar-refractivity contribution in [3.63, 3.8) is 0 Å². The Morgan fingerprint density at radius 3 is 1.68 bits per heavy atom. The van der Waals surface area contributed by atoms with E-state index in [0.717, 1.165) is 23.7 Å². The Balaban J connectivity index is 4.74. The Morgan fingerprint density at radius 1 is 0.737 bits per heavy atom. The summed E-state index contributed by atoms with van der Waals surface area (Å²) in [5.74, 6) is 3.42. The van der Waals surface area contributed by atoms with Crippen molar-refractivity contribution in [1.29, 1.82) is 0 Å². The van der Waals surface area contributed by atoms with Crippen LogP contribution in [0.4, 0.5) is 0 Å². The first-order valence-electron chi connectivity index (χ1n) is 8.76. The lowest BCUT2D eigenvalue weighted by molar-refractivity contribution is 0.0968. The van der Waals surface area contributed by atoms with E-state index in [1.807, 2.05) is 0 Å².